The molecule has 0 aromatic rings. The topological polar surface area (TPSA) is 243 Å². The van der Waals surface area contributed by atoms with Gasteiger partial charge in [-0.3, -0.25) is 43.6 Å². The van der Waals surface area contributed by atoms with E-state index in [4.69, 9.17) is 23.8 Å². The van der Waals surface area contributed by atoms with Crippen LogP contribution in [0.15, 0.2) is 11.6 Å². The fraction of sp³-hybridized carbons (Fsp3) is 0.727. The van der Waals surface area contributed by atoms with Gasteiger partial charge in [0.2, 0.25) is 0 Å². The van der Waals surface area contributed by atoms with Gasteiger partial charge in [-0.1, -0.05) is 25.5 Å². The van der Waals surface area contributed by atoms with Crippen molar-refractivity contribution in [3.8, 4) is 0 Å². The van der Waals surface area contributed by atoms with Crippen molar-refractivity contribution in [3.63, 3.8) is 0 Å². The Bertz CT molecular complexity index is 1950. The molecule has 9 aliphatic rings. The quantitative estimate of drug-likeness (QED) is 0.0677. The third-order valence-electron chi connectivity index (χ3n) is 16.5. The number of carboxylic acids is 1. The summed E-state index contributed by atoms with van der Waals surface area (Å²) in [5.74, 6) is -21.2. The summed E-state index contributed by atoms with van der Waals surface area (Å²) in [7, 11) is 0. The molecule has 3 N–H and O–H groups in total. The number of allylic oxidation sites excluding steroid dienone is 1. The van der Waals surface area contributed by atoms with Crippen molar-refractivity contribution >= 4 is 47.8 Å². The van der Waals surface area contributed by atoms with E-state index in [2.05, 4.69) is 0 Å². The lowest BCUT2D eigenvalue weighted by molar-refractivity contribution is -0.294. The molecular formula is C44H52O16. The highest BCUT2D eigenvalue weighted by Gasteiger charge is 2.72. The van der Waals surface area contributed by atoms with Crippen molar-refractivity contribution in [1.82, 2.24) is 0 Å². The average Bonchev–Trinajstić information content (AvgIpc) is 4.04. The highest BCUT2D eigenvalue weighted by molar-refractivity contribution is 6.00. The molecule has 0 aromatic carbocycles. The van der Waals surface area contributed by atoms with Crippen LogP contribution in [-0.2, 0) is 62.2 Å². The van der Waals surface area contributed by atoms with Gasteiger partial charge in [0, 0.05) is 13.0 Å². The number of aliphatic hydroxyl groups excluding tert-OH is 1. The molecule has 6 bridgehead atoms. The first kappa shape index (κ1) is 41.3. The Balaban J connectivity index is 1.13. The Morgan fingerprint density at radius 1 is 0.717 bits per heavy atom. The molecule has 3 heterocycles. The van der Waals surface area contributed by atoms with Gasteiger partial charge in [-0.05, 0) is 124 Å². The molecule has 16 heteroatoms. The van der Waals surface area contributed by atoms with Crippen LogP contribution in [0, 0.1) is 131 Å². The Morgan fingerprint density at radius 3 is 1.85 bits per heavy atom. The van der Waals surface area contributed by atoms with Crippen molar-refractivity contribution in [2.45, 2.75) is 72.0 Å². The molecular weight excluding hydrogens is 784 g/mol. The number of esters is 7. The number of ether oxygens (including phenoxy) is 4. The zero-order valence-corrected chi connectivity index (χ0v) is 34.0. The van der Waals surface area contributed by atoms with Crippen molar-refractivity contribution in [2.24, 2.45) is 118 Å². The van der Waals surface area contributed by atoms with Crippen LogP contribution in [0.2, 0.25) is 0 Å². The molecule has 21 unspecified atom stereocenters. The molecule has 324 valence electrons. The first-order valence-corrected chi connectivity index (χ1v) is 21.4. The molecule has 60 heavy (non-hydrogen) atoms. The van der Waals surface area contributed by atoms with Crippen LogP contribution < -0.4 is 0 Å². The largest absolute Gasteiger partial charge is 0.481 e. The number of fused-ring (bicyclic) bond motifs is 6. The van der Waals surface area contributed by atoms with Gasteiger partial charge in [0.15, 0.2) is 0 Å². The molecule has 8 fully saturated rings. The van der Waals surface area contributed by atoms with Crippen LogP contribution >= 0.6 is 0 Å². The molecule has 3 aliphatic heterocycles. The second-order valence-corrected chi connectivity index (χ2v) is 20.1. The number of aliphatic carboxylic acids is 1. The van der Waals surface area contributed by atoms with Gasteiger partial charge in [-0.15, -0.1) is 0 Å². The molecule has 0 spiro atoms. The van der Waals surface area contributed by atoms with Crippen molar-refractivity contribution in [1.29, 1.82) is 0 Å². The fourth-order valence-electron chi connectivity index (χ4n) is 14.7. The Kier molecular flexibility index (Phi) is 10.0. The van der Waals surface area contributed by atoms with E-state index < -0.39 is 154 Å². The van der Waals surface area contributed by atoms with E-state index in [0.29, 0.717) is 18.4 Å². The van der Waals surface area contributed by atoms with E-state index in [9.17, 15) is 53.8 Å². The first-order valence-electron chi connectivity index (χ1n) is 21.4. The number of aliphatic hydroxyl groups is 1. The van der Waals surface area contributed by atoms with Crippen LogP contribution in [0.5, 0.6) is 0 Å². The minimum absolute atomic E-state index is 0.0574. The van der Waals surface area contributed by atoms with Crippen LogP contribution in [0.1, 0.15) is 60.3 Å². The number of hydrogen-bond donors (Lipinski definition) is 3. The molecule has 5 saturated carbocycles. The summed E-state index contributed by atoms with van der Waals surface area (Å²) in [6.45, 7) is 8.52. The van der Waals surface area contributed by atoms with Gasteiger partial charge in [0.05, 0.1) is 53.4 Å². The molecule has 0 amide bonds. The van der Waals surface area contributed by atoms with E-state index in [1.54, 1.807) is 40.2 Å². The minimum Gasteiger partial charge on any atom is -0.481 e. The Labute approximate surface area is 346 Å². The SMILES string of the molecule is CC1C(=O)OC(=O)C1C1C2[CH]C(C(=O)O)C(C2)C1C1C(=O)OC(=O)C1C1C2=CC(C(=O)OC(C)(C)C)C(C2)C1C1C(=O)OC(=O)C1C1C2[CH]C(C(CCO)OO)C(C2)C1C. The van der Waals surface area contributed by atoms with E-state index >= 15 is 0 Å². The summed E-state index contributed by atoms with van der Waals surface area (Å²) in [5, 5.41) is 29.7. The molecule has 21 atom stereocenters. The number of rotatable bonds is 11. The molecule has 16 nitrogen and oxygen atoms in total. The molecule has 9 rings (SSSR count). The van der Waals surface area contributed by atoms with E-state index in [1.807, 2.05) is 13.3 Å². The molecule has 3 saturated heterocycles. The molecule has 6 aliphatic carbocycles. The highest BCUT2D eigenvalue weighted by Crippen LogP contribution is 2.68. The maximum absolute atomic E-state index is 14.4. The molecule has 2 radical (unpaired) electrons. The van der Waals surface area contributed by atoms with E-state index in [0.717, 1.165) is 0 Å². The maximum atomic E-state index is 14.4. The summed E-state index contributed by atoms with van der Waals surface area (Å²) < 4.78 is 21.9. The lowest BCUT2D eigenvalue weighted by Gasteiger charge is -2.44. The zero-order chi connectivity index (χ0) is 43.0. The Hall–Kier alpha value is -4.02. The smallest absolute Gasteiger partial charge is 0.318 e. The standard InChI is InChI=1S/C44H52O16/c1-14-19-8-16(9-20(19)25(60-55)6-7-45)26(14)32-34(42(53)57-40(32)51)31-22-11-18(13-24(22)38(49)59-44(3,4)5)29(31)33-35(43(54)58-41(33)52)30-21-10-17(12-23(21)36(46)47)28(30)27-15(2)37(48)56-39(27)50/h9,12-17,19-35,45,55H,6-8,10-11H2,1-5H3,(H,46,47). The summed E-state index contributed by atoms with van der Waals surface area (Å²) in [5.41, 5.74) is -0.243. The monoisotopic (exact) mass is 836 g/mol. The van der Waals surface area contributed by atoms with Gasteiger partial charge in [0.25, 0.3) is 0 Å². The van der Waals surface area contributed by atoms with E-state index in [-0.39, 0.29) is 43.1 Å². The second-order valence-electron chi connectivity index (χ2n) is 20.1. The number of carboxylic acid groups (broad SMARTS) is 1. The summed E-state index contributed by atoms with van der Waals surface area (Å²) in [4.78, 5) is 114. The first-order chi connectivity index (χ1) is 28.4. The number of carbonyl (C=O) groups is 8. The molecule has 0 aromatic heterocycles. The van der Waals surface area contributed by atoms with Crippen LogP contribution in [0.3, 0.4) is 0 Å². The average molecular weight is 837 g/mol. The second kappa shape index (κ2) is 14.5. The summed E-state index contributed by atoms with van der Waals surface area (Å²) in [6.07, 6.45) is 6.13. The normalized spacial score (nSPS) is 47.0. The third kappa shape index (κ3) is 6.07. The predicted octanol–water partition coefficient (Wildman–Crippen LogP) is 2.85. The van der Waals surface area contributed by atoms with Gasteiger partial charge in [0.1, 0.15) is 5.60 Å². The zero-order valence-electron chi connectivity index (χ0n) is 34.0. The number of hydrogen-bond acceptors (Lipinski definition) is 15. The third-order valence-corrected chi connectivity index (χ3v) is 16.5. The summed E-state index contributed by atoms with van der Waals surface area (Å²) >= 11 is 0. The van der Waals surface area contributed by atoms with Crippen molar-refractivity contribution in [3.05, 3.63) is 24.5 Å². The number of cyclic esters (lactones) is 6. The fourth-order valence-corrected chi connectivity index (χ4v) is 14.7. The number of carbonyl (C=O) groups excluding carboxylic acids is 7. The Morgan fingerprint density at radius 2 is 1.28 bits per heavy atom. The van der Waals surface area contributed by atoms with E-state index in [1.165, 1.54) is 0 Å². The van der Waals surface area contributed by atoms with Gasteiger partial charge >= 0.3 is 47.8 Å². The summed E-state index contributed by atoms with van der Waals surface area (Å²) in [6, 6.07) is 0. The minimum atomic E-state index is -1.28. The van der Waals surface area contributed by atoms with Crippen LogP contribution in [0.25, 0.3) is 0 Å². The van der Waals surface area contributed by atoms with Gasteiger partial charge in [-0.25, -0.2) is 4.89 Å². The van der Waals surface area contributed by atoms with Crippen LogP contribution in [-0.4, -0.2) is 81.5 Å². The van der Waals surface area contributed by atoms with Gasteiger partial charge < -0.3 is 29.2 Å². The predicted molar refractivity (Wildman–Crippen MR) is 198 cm³/mol. The lowest BCUT2D eigenvalue weighted by Crippen LogP contribution is -2.49. The van der Waals surface area contributed by atoms with Crippen molar-refractivity contribution in [2.75, 3.05) is 6.61 Å². The van der Waals surface area contributed by atoms with Gasteiger partial charge in [-0.2, -0.15) is 0 Å². The van der Waals surface area contributed by atoms with Crippen molar-refractivity contribution < 1.29 is 77.7 Å². The highest BCUT2D eigenvalue weighted by atomic mass is 17.1. The lowest BCUT2D eigenvalue weighted by atomic mass is 9.55. The maximum Gasteiger partial charge on any atom is 0.318 e. The van der Waals surface area contributed by atoms with Crippen LogP contribution in [0.4, 0.5) is 0 Å².